The van der Waals surface area contributed by atoms with Crippen molar-refractivity contribution in [3.05, 3.63) is 48.0 Å². The van der Waals surface area contributed by atoms with Crippen molar-refractivity contribution < 1.29 is 9.18 Å². The summed E-state index contributed by atoms with van der Waals surface area (Å²) in [6.45, 7) is 8.50. The molecule has 0 saturated carbocycles. The molecule has 2 heterocycles. The fourth-order valence-corrected chi connectivity index (χ4v) is 3.47. The molecule has 0 bridgehead atoms. The van der Waals surface area contributed by atoms with Gasteiger partial charge in [0.15, 0.2) is 5.96 Å². The molecule has 0 radical (unpaired) electrons. The van der Waals surface area contributed by atoms with Crippen LogP contribution in [0.25, 0.3) is 0 Å². The molecular weight excluding hydrogens is 498 g/mol. The van der Waals surface area contributed by atoms with Crippen molar-refractivity contribution in [3.8, 4) is 0 Å². The first-order valence-corrected chi connectivity index (χ1v) is 9.89. The number of hydrogen-bond acceptors (Lipinski definition) is 3. The van der Waals surface area contributed by atoms with Gasteiger partial charge in [0.05, 0.1) is 18.4 Å². The fourth-order valence-electron chi connectivity index (χ4n) is 3.47. The Morgan fingerprint density at radius 2 is 2.03 bits per heavy atom. The minimum absolute atomic E-state index is 0. The Balaban J connectivity index is 0.00000320. The van der Waals surface area contributed by atoms with Crippen molar-refractivity contribution in [1.82, 2.24) is 20.0 Å². The number of nitrogens with one attached hydrogen (secondary N) is 1. The van der Waals surface area contributed by atoms with Crippen molar-refractivity contribution in [1.29, 1.82) is 0 Å². The maximum absolute atomic E-state index is 14.2. The van der Waals surface area contributed by atoms with Crippen LogP contribution in [0.15, 0.2) is 41.7 Å². The van der Waals surface area contributed by atoms with Gasteiger partial charge < -0.3 is 15.1 Å². The second kappa shape index (κ2) is 10.2. The van der Waals surface area contributed by atoms with Gasteiger partial charge in [0.1, 0.15) is 12.4 Å². The average molecular weight is 528 g/mol. The molecule has 1 aliphatic heterocycles. The predicted molar refractivity (Wildman–Crippen MR) is 128 cm³/mol. The van der Waals surface area contributed by atoms with Crippen LogP contribution in [0, 0.1) is 5.82 Å². The Bertz CT molecular complexity index is 897. The van der Waals surface area contributed by atoms with Crippen molar-refractivity contribution in [2.75, 3.05) is 37.6 Å². The van der Waals surface area contributed by atoms with Gasteiger partial charge >= 0.3 is 0 Å². The summed E-state index contributed by atoms with van der Waals surface area (Å²) < 4.78 is 15.9. The number of hydrogen-bond donors (Lipinski definition) is 1. The lowest BCUT2D eigenvalue weighted by atomic mass is 9.84. The normalized spacial score (nSPS) is 15.2. The van der Waals surface area contributed by atoms with Gasteiger partial charge in [-0.2, -0.15) is 5.10 Å². The smallest absolute Gasteiger partial charge is 0.246 e. The Hall–Kier alpha value is -2.17. The van der Waals surface area contributed by atoms with E-state index >= 15 is 0 Å². The highest BCUT2D eigenvalue weighted by molar-refractivity contribution is 14.0. The summed E-state index contributed by atoms with van der Waals surface area (Å²) in [5.74, 6) is 0.456. The SMILES string of the molecule is CCNC(=NCC(C)(C)c1ccccc1F)N1CCN(c2cnn(C)c2)C(=O)C1.I. The first kappa shape index (κ1) is 24.1. The Kier molecular flexibility index (Phi) is 8.22. The third-order valence-corrected chi connectivity index (χ3v) is 5.09. The first-order chi connectivity index (χ1) is 13.8. The zero-order valence-corrected chi connectivity index (χ0v) is 20.3. The summed E-state index contributed by atoms with van der Waals surface area (Å²) in [6.07, 6.45) is 3.54. The molecule has 1 amide bonds. The van der Waals surface area contributed by atoms with Crippen LogP contribution in [0.4, 0.5) is 10.1 Å². The number of aromatic nitrogens is 2. The standard InChI is InChI=1S/C21H29FN6O.HI/c1-5-23-20(24-15-21(2,3)17-8-6-7-9-18(17)22)27-10-11-28(19(29)14-27)16-12-25-26(4)13-16;/h6-9,12-13H,5,10-11,14-15H2,1-4H3,(H,23,24);1H. The predicted octanol–water partition coefficient (Wildman–Crippen LogP) is 2.77. The van der Waals surface area contributed by atoms with E-state index in [2.05, 4.69) is 10.4 Å². The average Bonchev–Trinajstić information content (AvgIpc) is 3.11. The molecular formula is C21H30FIN6O. The van der Waals surface area contributed by atoms with Crippen LogP contribution in [-0.2, 0) is 17.3 Å². The molecule has 3 rings (SSSR count). The topological polar surface area (TPSA) is 65.8 Å². The minimum Gasteiger partial charge on any atom is -0.357 e. The summed E-state index contributed by atoms with van der Waals surface area (Å²) in [5, 5.41) is 7.41. The second-order valence-corrected chi connectivity index (χ2v) is 7.87. The molecule has 7 nitrogen and oxygen atoms in total. The third kappa shape index (κ3) is 5.50. The van der Waals surface area contributed by atoms with Gasteiger partial charge in [-0.05, 0) is 18.6 Å². The lowest BCUT2D eigenvalue weighted by molar-refractivity contribution is -0.120. The number of guanidine groups is 1. The van der Waals surface area contributed by atoms with Crippen LogP contribution in [0.5, 0.6) is 0 Å². The highest BCUT2D eigenvalue weighted by Gasteiger charge is 2.29. The van der Waals surface area contributed by atoms with E-state index in [1.54, 1.807) is 27.9 Å². The number of carbonyl (C=O) groups is 1. The Morgan fingerprint density at radius 3 is 2.63 bits per heavy atom. The number of benzene rings is 1. The summed E-state index contributed by atoms with van der Waals surface area (Å²) in [5.41, 5.74) is 0.977. The molecule has 2 aromatic rings. The molecule has 0 unspecified atom stereocenters. The molecule has 1 aromatic heterocycles. The zero-order chi connectivity index (χ0) is 21.0. The quantitative estimate of drug-likeness (QED) is 0.369. The van der Waals surface area contributed by atoms with E-state index in [1.165, 1.54) is 6.07 Å². The molecule has 1 aromatic carbocycles. The third-order valence-electron chi connectivity index (χ3n) is 5.09. The summed E-state index contributed by atoms with van der Waals surface area (Å²) >= 11 is 0. The number of halogens is 2. The lowest BCUT2D eigenvalue weighted by Gasteiger charge is -2.36. The van der Waals surface area contributed by atoms with Crippen LogP contribution in [0.2, 0.25) is 0 Å². The van der Waals surface area contributed by atoms with E-state index in [4.69, 9.17) is 4.99 Å². The zero-order valence-electron chi connectivity index (χ0n) is 17.9. The number of aryl methyl sites for hydroxylation is 1. The van der Waals surface area contributed by atoms with E-state index in [0.29, 0.717) is 37.7 Å². The number of aliphatic imine (C=N–C) groups is 1. The van der Waals surface area contributed by atoms with E-state index in [1.807, 2.05) is 45.0 Å². The number of amides is 1. The number of nitrogens with zero attached hydrogens (tertiary/aromatic N) is 5. The minimum atomic E-state index is -0.465. The Labute approximate surface area is 194 Å². The number of carbonyl (C=O) groups excluding carboxylic acids is 1. The van der Waals surface area contributed by atoms with E-state index < -0.39 is 5.41 Å². The van der Waals surface area contributed by atoms with Crippen molar-refractivity contribution >= 4 is 41.5 Å². The van der Waals surface area contributed by atoms with Crippen LogP contribution < -0.4 is 10.2 Å². The van der Waals surface area contributed by atoms with E-state index in [0.717, 1.165) is 5.69 Å². The molecule has 0 atom stereocenters. The van der Waals surface area contributed by atoms with E-state index in [-0.39, 0.29) is 42.2 Å². The van der Waals surface area contributed by atoms with Gasteiger partial charge in [-0.1, -0.05) is 32.0 Å². The van der Waals surface area contributed by atoms with Gasteiger partial charge in [-0.15, -0.1) is 24.0 Å². The highest BCUT2D eigenvalue weighted by Crippen LogP contribution is 2.26. The fraction of sp³-hybridized carbons (Fsp3) is 0.476. The maximum Gasteiger partial charge on any atom is 0.246 e. The molecule has 9 heteroatoms. The van der Waals surface area contributed by atoms with Crippen LogP contribution in [0.1, 0.15) is 26.3 Å². The Morgan fingerprint density at radius 1 is 1.30 bits per heavy atom. The van der Waals surface area contributed by atoms with Crippen LogP contribution >= 0.6 is 24.0 Å². The maximum atomic E-state index is 14.2. The monoisotopic (exact) mass is 528 g/mol. The molecule has 1 N–H and O–H groups in total. The summed E-state index contributed by atoms with van der Waals surface area (Å²) in [7, 11) is 1.83. The molecule has 30 heavy (non-hydrogen) atoms. The number of rotatable bonds is 5. The van der Waals surface area contributed by atoms with Gasteiger partial charge in [0.2, 0.25) is 5.91 Å². The molecule has 1 fully saturated rings. The summed E-state index contributed by atoms with van der Waals surface area (Å²) in [4.78, 5) is 21.1. The molecule has 0 aliphatic carbocycles. The van der Waals surface area contributed by atoms with Crippen LogP contribution in [-0.4, -0.2) is 59.3 Å². The molecule has 1 saturated heterocycles. The molecule has 164 valence electrons. The van der Waals surface area contributed by atoms with Crippen molar-refractivity contribution in [2.45, 2.75) is 26.2 Å². The molecule has 1 aliphatic rings. The van der Waals surface area contributed by atoms with E-state index in [9.17, 15) is 9.18 Å². The number of anilines is 1. The lowest BCUT2D eigenvalue weighted by Crippen LogP contribution is -2.55. The van der Waals surface area contributed by atoms with Crippen LogP contribution in [0.3, 0.4) is 0 Å². The van der Waals surface area contributed by atoms with Gasteiger partial charge in [0, 0.05) is 38.3 Å². The first-order valence-electron chi connectivity index (χ1n) is 9.89. The van der Waals surface area contributed by atoms with Gasteiger partial charge in [-0.3, -0.25) is 14.5 Å². The number of piperazine rings is 1. The largest absolute Gasteiger partial charge is 0.357 e. The van der Waals surface area contributed by atoms with Crippen molar-refractivity contribution in [3.63, 3.8) is 0 Å². The highest BCUT2D eigenvalue weighted by atomic mass is 127. The van der Waals surface area contributed by atoms with Gasteiger partial charge in [-0.25, -0.2) is 4.39 Å². The van der Waals surface area contributed by atoms with Gasteiger partial charge in [0.25, 0.3) is 0 Å². The summed E-state index contributed by atoms with van der Waals surface area (Å²) in [6, 6.07) is 6.80. The second-order valence-electron chi connectivity index (χ2n) is 7.87. The molecule has 0 spiro atoms. The van der Waals surface area contributed by atoms with Crippen molar-refractivity contribution in [2.24, 2.45) is 12.0 Å².